The van der Waals surface area contributed by atoms with Gasteiger partial charge in [-0.05, 0) is 18.2 Å². The zero-order valence-electron chi connectivity index (χ0n) is 8.86. The molecule has 0 aromatic heterocycles. The van der Waals surface area contributed by atoms with Crippen molar-refractivity contribution in [3.8, 4) is 11.5 Å². The van der Waals surface area contributed by atoms with E-state index >= 15 is 0 Å². The standard InChI is InChI=1S/C12H13NO3/c1-2-11(14)13-9-5-3-6-10-12(9)16-8-4-7-15-10/h2-3,5-6H,1,4,7-8H2,(H,13,14). The molecule has 4 nitrogen and oxygen atoms in total. The smallest absolute Gasteiger partial charge is 0.247 e. The van der Waals surface area contributed by atoms with Gasteiger partial charge in [0.05, 0.1) is 18.9 Å². The van der Waals surface area contributed by atoms with E-state index in [0.717, 1.165) is 6.42 Å². The molecule has 0 fully saturated rings. The summed E-state index contributed by atoms with van der Waals surface area (Å²) in [5.41, 5.74) is 0.615. The SMILES string of the molecule is C=CC(=O)Nc1cccc2c1OCCCO2. The van der Waals surface area contributed by atoms with Gasteiger partial charge in [-0.25, -0.2) is 0 Å². The van der Waals surface area contributed by atoms with Crippen LogP contribution in [0.25, 0.3) is 0 Å². The maximum Gasteiger partial charge on any atom is 0.247 e. The van der Waals surface area contributed by atoms with Crippen molar-refractivity contribution in [2.24, 2.45) is 0 Å². The van der Waals surface area contributed by atoms with Crippen LogP contribution in [0, 0.1) is 0 Å². The Kier molecular flexibility index (Phi) is 3.10. The van der Waals surface area contributed by atoms with Gasteiger partial charge in [0, 0.05) is 6.42 Å². The summed E-state index contributed by atoms with van der Waals surface area (Å²) in [6.45, 7) is 4.63. The van der Waals surface area contributed by atoms with E-state index < -0.39 is 0 Å². The van der Waals surface area contributed by atoms with Gasteiger partial charge < -0.3 is 14.8 Å². The number of hydrogen-bond acceptors (Lipinski definition) is 3. The summed E-state index contributed by atoms with van der Waals surface area (Å²) in [5, 5.41) is 2.69. The molecule has 84 valence electrons. The van der Waals surface area contributed by atoms with E-state index in [1.54, 1.807) is 6.07 Å². The number of anilines is 1. The van der Waals surface area contributed by atoms with Crippen molar-refractivity contribution in [2.75, 3.05) is 18.5 Å². The summed E-state index contributed by atoms with van der Waals surface area (Å²) in [6.07, 6.45) is 2.06. The Balaban J connectivity index is 2.31. The Morgan fingerprint density at radius 1 is 1.38 bits per heavy atom. The van der Waals surface area contributed by atoms with Gasteiger partial charge in [0.15, 0.2) is 11.5 Å². The summed E-state index contributed by atoms with van der Waals surface area (Å²) in [6, 6.07) is 5.41. The van der Waals surface area contributed by atoms with Crippen LogP contribution in [-0.2, 0) is 4.79 Å². The van der Waals surface area contributed by atoms with Crippen molar-refractivity contribution in [2.45, 2.75) is 6.42 Å². The maximum atomic E-state index is 11.2. The molecule has 1 aromatic carbocycles. The number of para-hydroxylation sites is 1. The van der Waals surface area contributed by atoms with E-state index in [2.05, 4.69) is 11.9 Å². The summed E-state index contributed by atoms with van der Waals surface area (Å²) < 4.78 is 11.1. The highest BCUT2D eigenvalue weighted by Crippen LogP contribution is 2.36. The van der Waals surface area contributed by atoms with E-state index in [4.69, 9.17) is 9.47 Å². The Labute approximate surface area is 93.9 Å². The lowest BCUT2D eigenvalue weighted by atomic mass is 10.2. The summed E-state index contributed by atoms with van der Waals surface area (Å²) in [7, 11) is 0. The number of rotatable bonds is 2. The molecular weight excluding hydrogens is 206 g/mol. The third-order valence-electron chi connectivity index (χ3n) is 2.21. The molecule has 1 aliphatic heterocycles. The third-order valence-corrected chi connectivity index (χ3v) is 2.21. The van der Waals surface area contributed by atoms with E-state index in [-0.39, 0.29) is 5.91 Å². The van der Waals surface area contributed by atoms with E-state index in [1.807, 2.05) is 12.1 Å². The van der Waals surface area contributed by atoms with Crippen molar-refractivity contribution in [1.82, 2.24) is 0 Å². The quantitative estimate of drug-likeness (QED) is 0.773. The van der Waals surface area contributed by atoms with Gasteiger partial charge in [0.2, 0.25) is 5.91 Å². The summed E-state index contributed by atoms with van der Waals surface area (Å²) >= 11 is 0. The lowest BCUT2D eigenvalue weighted by Gasteiger charge is -2.12. The van der Waals surface area contributed by atoms with Crippen LogP contribution in [0.5, 0.6) is 11.5 Å². The van der Waals surface area contributed by atoms with Crippen LogP contribution >= 0.6 is 0 Å². The molecule has 0 radical (unpaired) electrons. The van der Waals surface area contributed by atoms with Gasteiger partial charge in [-0.3, -0.25) is 4.79 Å². The average Bonchev–Trinajstić information content (AvgIpc) is 2.54. The number of benzene rings is 1. The first kappa shape index (κ1) is 10.5. The second-order valence-electron chi connectivity index (χ2n) is 3.38. The molecule has 4 heteroatoms. The second-order valence-corrected chi connectivity index (χ2v) is 3.38. The van der Waals surface area contributed by atoms with Gasteiger partial charge in [-0.1, -0.05) is 12.6 Å². The zero-order valence-corrected chi connectivity index (χ0v) is 8.86. The highest BCUT2D eigenvalue weighted by atomic mass is 16.5. The van der Waals surface area contributed by atoms with Crippen LogP contribution in [0.2, 0.25) is 0 Å². The number of ether oxygens (including phenoxy) is 2. The summed E-state index contributed by atoms with van der Waals surface area (Å²) in [5.74, 6) is 0.996. The Morgan fingerprint density at radius 2 is 2.19 bits per heavy atom. The van der Waals surface area contributed by atoms with E-state index in [0.29, 0.717) is 30.4 Å². The predicted molar refractivity (Wildman–Crippen MR) is 60.9 cm³/mol. The predicted octanol–water partition coefficient (Wildman–Crippen LogP) is 1.97. The number of amides is 1. The molecule has 2 rings (SSSR count). The number of fused-ring (bicyclic) bond motifs is 1. The molecule has 0 spiro atoms. The van der Waals surface area contributed by atoms with Gasteiger partial charge in [-0.15, -0.1) is 0 Å². The van der Waals surface area contributed by atoms with Crippen LogP contribution in [0.4, 0.5) is 5.69 Å². The van der Waals surface area contributed by atoms with Gasteiger partial charge >= 0.3 is 0 Å². The first-order valence-corrected chi connectivity index (χ1v) is 5.13. The molecule has 0 unspecified atom stereocenters. The van der Waals surface area contributed by atoms with E-state index in [1.165, 1.54) is 6.08 Å². The second kappa shape index (κ2) is 4.70. The Hall–Kier alpha value is -1.97. The zero-order chi connectivity index (χ0) is 11.4. The molecule has 0 saturated heterocycles. The van der Waals surface area contributed by atoms with Crippen molar-refractivity contribution < 1.29 is 14.3 Å². The molecule has 0 bridgehead atoms. The number of carbonyl (C=O) groups excluding carboxylic acids is 1. The Morgan fingerprint density at radius 3 is 3.00 bits per heavy atom. The fourth-order valence-corrected chi connectivity index (χ4v) is 1.48. The number of nitrogens with one attached hydrogen (secondary N) is 1. The first-order chi connectivity index (χ1) is 7.81. The van der Waals surface area contributed by atoms with Crippen LogP contribution in [-0.4, -0.2) is 19.1 Å². The molecule has 1 N–H and O–H groups in total. The topological polar surface area (TPSA) is 47.6 Å². The number of carbonyl (C=O) groups is 1. The lowest BCUT2D eigenvalue weighted by Crippen LogP contribution is -2.09. The maximum absolute atomic E-state index is 11.2. The minimum Gasteiger partial charge on any atom is -0.489 e. The average molecular weight is 219 g/mol. The van der Waals surface area contributed by atoms with Crippen LogP contribution in [0.3, 0.4) is 0 Å². The fraction of sp³-hybridized carbons (Fsp3) is 0.250. The molecule has 1 amide bonds. The normalized spacial score (nSPS) is 13.8. The highest BCUT2D eigenvalue weighted by molar-refractivity contribution is 6.00. The fourth-order valence-electron chi connectivity index (χ4n) is 1.48. The van der Waals surface area contributed by atoms with Gasteiger partial charge in [0.25, 0.3) is 0 Å². The van der Waals surface area contributed by atoms with Crippen molar-refractivity contribution in [1.29, 1.82) is 0 Å². The largest absolute Gasteiger partial charge is 0.489 e. The Bertz CT molecular complexity index is 415. The minimum atomic E-state index is -0.263. The third kappa shape index (κ3) is 2.16. The highest BCUT2D eigenvalue weighted by Gasteiger charge is 2.14. The molecular formula is C12H13NO3. The monoisotopic (exact) mass is 219 g/mol. The van der Waals surface area contributed by atoms with Gasteiger partial charge in [-0.2, -0.15) is 0 Å². The molecule has 0 atom stereocenters. The van der Waals surface area contributed by atoms with Crippen LogP contribution in [0.15, 0.2) is 30.9 Å². The molecule has 0 aliphatic carbocycles. The first-order valence-electron chi connectivity index (χ1n) is 5.13. The molecule has 1 aliphatic rings. The molecule has 16 heavy (non-hydrogen) atoms. The molecule has 0 saturated carbocycles. The molecule has 1 heterocycles. The summed E-state index contributed by atoms with van der Waals surface area (Å²) in [4.78, 5) is 11.2. The minimum absolute atomic E-state index is 0.263. The van der Waals surface area contributed by atoms with Crippen LogP contribution in [0.1, 0.15) is 6.42 Å². The van der Waals surface area contributed by atoms with Crippen LogP contribution < -0.4 is 14.8 Å². The van der Waals surface area contributed by atoms with Crippen molar-refractivity contribution in [3.63, 3.8) is 0 Å². The van der Waals surface area contributed by atoms with Crippen molar-refractivity contribution >= 4 is 11.6 Å². The van der Waals surface area contributed by atoms with Crippen molar-refractivity contribution in [3.05, 3.63) is 30.9 Å². The molecule has 1 aromatic rings. The number of hydrogen-bond donors (Lipinski definition) is 1. The van der Waals surface area contributed by atoms with E-state index in [9.17, 15) is 4.79 Å². The van der Waals surface area contributed by atoms with Gasteiger partial charge in [0.1, 0.15) is 0 Å². The lowest BCUT2D eigenvalue weighted by molar-refractivity contribution is -0.111.